The van der Waals surface area contributed by atoms with Gasteiger partial charge in [-0.05, 0) is 19.8 Å². The molecule has 100 valence electrons. The second-order valence-corrected chi connectivity index (χ2v) is 3.95. The zero-order chi connectivity index (χ0) is 13.4. The summed E-state index contributed by atoms with van der Waals surface area (Å²) >= 11 is 0. The Morgan fingerprint density at radius 2 is 2.39 bits per heavy atom. The highest BCUT2D eigenvalue weighted by molar-refractivity contribution is 5.74. The van der Waals surface area contributed by atoms with Gasteiger partial charge in [0.2, 0.25) is 0 Å². The maximum atomic E-state index is 11.7. The van der Waals surface area contributed by atoms with E-state index < -0.39 is 0 Å². The third kappa shape index (κ3) is 4.20. The molecule has 6 nitrogen and oxygen atoms in total. The summed E-state index contributed by atoms with van der Waals surface area (Å²) in [7, 11) is 0. The van der Waals surface area contributed by atoms with Crippen LogP contribution in [0.2, 0.25) is 0 Å². The maximum absolute atomic E-state index is 11.7. The number of aromatic nitrogens is 3. The molecule has 0 aliphatic heterocycles. The zero-order valence-corrected chi connectivity index (χ0v) is 11.0. The van der Waals surface area contributed by atoms with Crippen molar-refractivity contribution in [1.29, 1.82) is 0 Å². The fraction of sp³-hybridized carbons (Fsp3) is 0.583. The van der Waals surface area contributed by atoms with Gasteiger partial charge < -0.3 is 10.6 Å². The van der Waals surface area contributed by atoms with E-state index in [9.17, 15) is 4.79 Å². The van der Waals surface area contributed by atoms with Crippen LogP contribution >= 0.6 is 0 Å². The third-order valence-electron chi connectivity index (χ3n) is 2.68. The number of hydrogen-bond acceptors (Lipinski definition) is 3. The lowest BCUT2D eigenvalue weighted by atomic mass is 10.1. The van der Waals surface area contributed by atoms with Gasteiger partial charge in [-0.15, -0.1) is 6.58 Å². The van der Waals surface area contributed by atoms with Crippen LogP contribution in [-0.2, 0) is 13.1 Å². The number of nitrogens with one attached hydrogen (secondary N) is 2. The molecule has 6 heteroatoms. The van der Waals surface area contributed by atoms with Crippen LogP contribution in [-0.4, -0.2) is 26.8 Å². The van der Waals surface area contributed by atoms with Gasteiger partial charge in [0.1, 0.15) is 12.2 Å². The van der Waals surface area contributed by atoms with Crippen molar-refractivity contribution in [3.8, 4) is 0 Å². The Morgan fingerprint density at radius 3 is 3.00 bits per heavy atom. The Labute approximate surface area is 107 Å². The van der Waals surface area contributed by atoms with Gasteiger partial charge in [0.25, 0.3) is 0 Å². The largest absolute Gasteiger partial charge is 0.335 e. The minimum atomic E-state index is -0.186. The number of hydrogen-bond donors (Lipinski definition) is 2. The van der Waals surface area contributed by atoms with E-state index in [0.717, 1.165) is 25.2 Å². The van der Waals surface area contributed by atoms with Crippen molar-refractivity contribution >= 4 is 6.03 Å². The van der Waals surface area contributed by atoms with Gasteiger partial charge >= 0.3 is 6.03 Å². The molecular formula is C12H21N5O. The number of carbonyl (C=O) groups is 1. The van der Waals surface area contributed by atoms with Crippen LogP contribution in [0.15, 0.2) is 19.0 Å². The Bertz CT molecular complexity index is 388. The normalized spacial score (nSPS) is 11.9. The van der Waals surface area contributed by atoms with Crippen molar-refractivity contribution in [1.82, 2.24) is 25.4 Å². The Balaban J connectivity index is 2.39. The van der Waals surface area contributed by atoms with E-state index >= 15 is 0 Å². The van der Waals surface area contributed by atoms with Crippen LogP contribution in [0.3, 0.4) is 0 Å². The Morgan fingerprint density at radius 1 is 1.61 bits per heavy atom. The summed E-state index contributed by atoms with van der Waals surface area (Å²) in [5.74, 6) is 0.754. The highest BCUT2D eigenvalue weighted by atomic mass is 16.2. The number of amides is 2. The van der Waals surface area contributed by atoms with Crippen molar-refractivity contribution in [2.45, 2.75) is 45.8 Å². The van der Waals surface area contributed by atoms with Gasteiger partial charge in [0, 0.05) is 12.6 Å². The lowest BCUT2D eigenvalue weighted by molar-refractivity contribution is 0.235. The minimum absolute atomic E-state index is 0.131. The first-order valence-electron chi connectivity index (χ1n) is 6.23. The maximum Gasteiger partial charge on any atom is 0.315 e. The molecule has 1 atom stereocenters. The van der Waals surface area contributed by atoms with E-state index in [1.54, 1.807) is 4.68 Å². The molecule has 2 amide bonds. The molecule has 0 aliphatic carbocycles. The van der Waals surface area contributed by atoms with Gasteiger partial charge in [-0.3, -0.25) is 0 Å². The van der Waals surface area contributed by atoms with E-state index in [1.165, 1.54) is 6.33 Å². The van der Waals surface area contributed by atoms with Crippen molar-refractivity contribution < 1.29 is 4.79 Å². The average Bonchev–Trinajstić information content (AvgIpc) is 2.83. The number of rotatable bonds is 7. The number of nitrogens with zero attached hydrogens (tertiary/aromatic N) is 3. The first-order valence-corrected chi connectivity index (χ1v) is 6.23. The van der Waals surface area contributed by atoms with Gasteiger partial charge in [0.05, 0.1) is 6.54 Å². The first kappa shape index (κ1) is 14.2. The van der Waals surface area contributed by atoms with E-state index in [4.69, 9.17) is 0 Å². The Hall–Kier alpha value is -1.85. The highest BCUT2D eigenvalue weighted by Gasteiger charge is 2.09. The minimum Gasteiger partial charge on any atom is -0.335 e. The number of urea groups is 1. The van der Waals surface area contributed by atoms with Gasteiger partial charge in [-0.2, -0.15) is 5.10 Å². The molecule has 1 unspecified atom stereocenters. The van der Waals surface area contributed by atoms with E-state index in [-0.39, 0.29) is 12.1 Å². The summed E-state index contributed by atoms with van der Waals surface area (Å²) in [6, 6.07) is -0.0547. The molecular weight excluding hydrogens is 230 g/mol. The second-order valence-electron chi connectivity index (χ2n) is 3.95. The number of carbonyl (C=O) groups excluding carboxylic acids is 1. The smallest absolute Gasteiger partial charge is 0.315 e. The molecule has 0 fully saturated rings. The standard InChI is InChI=1S/C12H21N5O/c1-4-7-10(5-2)16-12(18)13-8-11-14-9-15-17(11)6-3/h4,9-10H,1,5-8H2,2-3H3,(H2,13,16,18). The molecule has 1 heterocycles. The molecule has 18 heavy (non-hydrogen) atoms. The second kappa shape index (κ2) is 7.47. The fourth-order valence-corrected chi connectivity index (χ4v) is 1.61. The zero-order valence-electron chi connectivity index (χ0n) is 11.0. The summed E-state index contributed by atoms with van der Waals surface area (Å²) in [4.78, 5) is 15.8. The fourth-order valence-electron chi connectivity index (χ4n) is 1.61. The summed E-state index contributed by atoms with van der Waals surface area (Å²) in [6.07, 6.45) is 4.95. The van der Waals surface area contributed by atoms with Crippen molar-refractivity contribution in [3.05, 3.63) is 24.8 Å². The predicted molar refractivity (Wildman–Crippen MR) is 70.0 cm³/mol. The van der Waals surface area contributed by atoms with Crippen LogP contribution in [0.25, 0.3) is 0 Å². The molecule has 0 saturated heterocycles. The van der Waals surface area contributed by atoms with E-state index in [2.05, 4.69) is 27.3 Å². The van der Waals surface area contributed by atoms with Gasteiger partial charge in [-0.25, -0.2) is 14.5 Å². The molecule has 0 radical (unpaired) electrons. The van der Waals surface area contributed by atoms with Gasteiger partial charge in [0.15, 0.2) is 0 Å². The predicted octanol–water partition coefficient (Wildman–Crippen LogP) is 1.45. The first-order chi connectivity index (χ1) is 8.71. The lowest BCUT2D eigenvalue weighted by Crippen LogP contribution is -2.41. The molecule has 1 aromatic rings. The van der Waals surface area contributed by atoms with Crippen LogP contribution in [0.5, 0.6) is 0 Å². The van der Waals surface area contributed by atoms with Crippen LogP contribution in [0.4, 0.5) is 4.79 Å². The van der Waals surface area contributed by atoms with Crippen LogP contribution in [0, 0.1) is 0 Å². The van der Waals surface area contributed by atoms with Crippen molar-refractivity contribution in [2.24, 2.45) is 0 Å². The third-order valence-corrected chi connectivity index (χ3v) is 2.68. The summed E-state index contributed by atoms with van der Waals surface area (Å²) in [6.45, 7) is 8.81. The van der Waals surface area contributed by atoms with Crippen molar-refractivity contribution in [2.75, 3.05) is 0 Å². The molecule has 0 spiro atoms. The molecule has 2 N–H and O–H groups in total. The van der Waals surface area contributed by atoms with Gasteiger partial charge in [-0.1, -0.05) is 13.0 Å². The molecule has 1 rings (SSSR count). The lowest BCUT2D eigenvalue weighted by Gasteiger charge is -2.15. The summed E-state index contributed by atoms with van der Waals surface area (Å²) in [5, 5.41) is 9.70. The summed E-state index contributed by atoms with van der Waals surface area (Å²) in [5.41, 5.74) is 0. The average molecular weight is 251 g/mol. The molecule has 0 saturated carbocycles. The SMILES string of the molecule is C=CCC(CC)NC(=O)NCc1ncnn1CC. The quantitative estimate of drug-likeness (QED) is 0.720. The monoisotopic (exact) mass is 251 g/mol. The number of aryl methyl sites for hydroxylation is 1. The van der Waals surface area contributed by atoms with Crippen molar-refractivity contribution in [3.63, 3.8) is 0 Å². The molecule has 0 bridgehead atoms. The Kier molecular flexibility index (Phi) is 5.90. The van der Waals surface area contributed by atoms with E-state index in [1.807, 2.05) is 19.9 Å². The van der Waals surface area contributed by atoms with E-state index in [0.29, 0.717) is 6.54 Å². The van der Waals surface area contributed by atoms with Crippen LogP contribution < -0.4 is 10.6 Å². The topological polar surface area (TPSA) is 71.8 Å². The summed E-state index contributed by atoms with van der Waals surface area (Å²) < 4.78 is 1.75. The highest BCUT2D eigenvalue weighted by Crippen LogP contribution is 1.98. The molecule has 0 aromatic carbocycles. The van der Waals surface area contributed by atoms with Crippen LogP contribution in [0.1, 0.15) is 32.5 Å². The molecule has 1 aromatic heterocycles. The molecule has 0 aliphatic rings.